The van der Waals surface area contributed by atoms with Gasteiger partial charge < -0.3 is 4.74 Å². The standard InChI is InChI=1S/C14H11BrO2S/c1-18-13-6-4-11(5-7-13)17-12-3-2-10(9-16)14(15)8-12/h2-9H,1H3. The molecule has 0 aliphatic carbocycles. The molecule has 4 heteroatoms. The second kappa shape index (κ2) is 6.07. The lowest BCUT2D eigenvalue weighted by atomic mass is 10.2. The van der Waals surface area contributed by atoms with Gasteiger partial charge in [-0.25, -0.2) is 0 Å². The van der Waals surface area contributed by atoms with Crippen LogP contribution in [-0.2, 0) is 0 Å². The van der Waals surface area contributed by atoms with E-state index in [9.17, 15) is 4.79 Å². The third-order valence-corrected chi connectivity index (χ3v) is 3.82. The molecule has 0 bridgehead atoms. The lowest BCUT2D eigenvalue weighted by Gasteiger charge is -2.07. The van der Waals surface area contributed by atoms with Crippen molar-refractivity contribution < 1.29 is 9.53 Å². The van der Waals surface area contributed by atoms with Crippen molar-refractivity contribution in [3.8, 4) is 11.5 Å². The van der Waals surface area contributed by atoms with Gasteiger partial charge in [0.1, 0.15) is 11.5 Å². The lowest BCUT2D eigenvalue weighted by molar-refractivity contribution is 0.112. The van der Waals surface area contributed by atoms with Crippen LogP contribution in [-0.4, -0.2) is 12.5 Å². The molecule has 0 aromatic heterocycles. The third kappa shape index (κ3) is 3.15. The summed E-state index contributed by atoms with van der Waals surface area (Å²) in [7, 11) is 0. The molecule has 0 fully saturated rings. The Morgan fingerprint density at radius 3 is 2.33 bits per heavy atom. The van der Waals surface area contributed by atoms with Crippen molar-refractivity contribution in [2.75, 3.05) is 6.26 Å². The number of thioether (sulfide) groups is 1. The molecule has 0 spiro atoms. The summed E-state index contributed by atoms with van der Waals surface area (Å²) < 4.78 is 6.44. The normalized spacial score (nSPS) is 10.1. The van der Waals surface area contributed by atoms with Crippen LogP contribution in [0.2, 0.25) is 0 Å². The van der Waals surface area contributed by atoms with Crippen LogP contribution in [0.25, 0.3) is 0 Å². The predicted octanol–water partition coefficient (Wildman–Crippen LogP) is 4.78. The number of carbonyl (C=O) groups excluding carboxylic acids is 1. The van der Waals surface area contributed by atoms with Gasteiger partial charge in [0.25, 0.3) is 0 Å². The zero-order valence-corrected chi connectivity index (χ0v) is 12.1. The van der Waals surface area contributed by atoms with Crippen LogP contribution in [0, 0.1) is 0 Å². The molecule has 0 saturated carbocycles. The molecule has 0 atom stereocenters. The SMILES string of the molecule is CSc1ccc(Oc2ccc(C=O)c(Br)c2)cc1. The number of hydrogen-bond donors (Lipinski definition) is 0. The Balaban J connectivity index is 2.17. The third-order valence-electron chi connectivity index (χ3n) is 2.39. The minimum absolute atomic E-state index is 0.611. The molecule has 0 aliphatic heterocycles. The first-order valence-corrected chi connectivity index (χ1v) is 7.31. The quantitative estimate of drug-likeness (QED) is 0.598. The Bertz CT molecular complexity index is 552. The summed E-state index contributed by atoms with van der Waals surface area (Å²) in [4.78, 5) is 11.9. The highest BCUT2D eigenvalue weighted by atomic mass is 79.9. The fourth-order valence-corrected chi connectivity index (χ4v) is 2.31. The molecule has 0 N–H and O–H groups in total. The number of halogens is 1. The summed E-state index contributed by atoms with van der Waals surface area (Å²) >= 11 is 5.02. The minimum atomic E-state index is 0.611. The maximum atomic E-state index is 10.7. The molecule has 0 unspecified atom stereocenters. The van der Waals surface area contributed by atoms with Gasteiger partial charge in [0.15, 0.2) is 6.29 Å². The largest absolute Gasteiger partial charge is 0.457 e. The minimum Gasteiger partial charge on any atom is -0.457 e. The van der Waals surface area contributed by atoms with E-state index in [1.807, 2.05) is 30.5 Å². The van der Waals surface area contributed by atoms with Crippen LogP contribution in [0.4, 0.5) is 0 Å². The van der Waals surface area contributed by atoms with Crippen molar-refractivity contribution in [3.63, 3.8) is 0 Å². The van der Waals surface area contributed by atoms with Gasteiger partial charge in [0, 0.05) is 14.9 Å². The zero-order chi connectivity index (χ0) is 13.0. The molecular weight excluding hydrogens is 312 g/mol. The average molecular weight is 323 g/mol. The first-order valence-electron chi connectivity index (χ1n) is 5.29. The van der Waals surface area contributed by atoms with E-state index in [0.717, 1.165) is 16.5 Å². The summed E-state index contributed by atoms with van der Waals surface area (Å²) in [6, 6.07) is 13.1. The monoisotopic (exact) mass is 322 g/mol. The van der Waals surface area contributed by atoms with Crippen LogP contribution in [0.5, 0.6) is 11.5 Å². The molecule has 2 aromatic carbocycles. The maximum Gasteiger partial charge on any atom is 0.151 e. The fraction of sp³-hybridized carbons (Fsp3) is 0.0714. The first-order chi connectivity index (χ1) is 8.72. The molecule has 0 amide bonds. The molecule has 0 saturated heterocycles. The van der Waals surface area contributed by atoms with E-state index < -0.39 is 0 Å². The van der Waals surface area contributed by atoms with E-state index in [4.69, 9.17) is 4.74 Å². The van der Waals surface area contributed by atoms with Gasteiger partial charge in [0.05, 0.1) is 0 Å². The van der Waals surface area contributed by atoms with Crippen molar-refractivity contribution in [3.05, 3.63) is 52.5 Å². The van der Waals surface area contributed by atoms with Gasteiger partial charge in [-0.2, -0.15) is 0 Å². The van der Waals surface area contributed by atoms with Crippen LogP contribution in [0.1, 0.15) is 10.4 Å². The molecular formula is C14H11BrO2S. The van der Waals surface area contributed by atoms with Crippen molar-refractivity contribution in [2.45, 2.75) is 4.90 Å². The van der Waals surface area contributed by atoms with Gasteiger partial charge in [-0.1, -0.05) is 0 Å². The molecule has 2 aromatic rings. The smallest absolute Gasteiger partial charge is 0.151 e. The van der Waals surface area contributed by atoms with Crippen molar-refractivity contribution in [1.29, 1.82) is 0 Å². The number of aldehydes is 1. The average Bonchev–Trinajstić information content (AvgIpc) is 2.40. The number of hydrogen-bond acceptors (Lipinski definition) is 3. The highest BCUT2D eigenvalue weighted by molar-refractivity contribution is 9.10. The second-order valence-corrected chi connectivity index (χ2v) is 5.31. The number of rotatable bonds is 4. The van der Waals surface area contributed by atoms with Crippen LogP contribution in [0.3, 0.4) is 0 Å². The van der Waals surface area contributed by atoms with Gasteiger partial charge >= 0.3 is 0 Å². The zero-order valence-electron chi connectivity index (χ0n) is 9.72. The van der Waals surface area contributed by atoms with Crippen LogP contribution < -0.4 is 4.74 Å². The number of carbonyl (C=O) groups is 1. The van der Waals surface area contributed by atoms with Gasteiger partial charge in [-0.05, 0) is 64.7 Å². The highest BCUT2D eigenvalue weighted by Gasteiger charge is 2.02. The lowest BCUT2D eigenvalue weighted by Crippen LogP contribution is -1.87. The van der Waals surface area contributed by atoms with Crippen molar-refractivity contribution in [1.82, 2.24) is 0 Å². The molecule has 2 rings (SSSR count). The summed E-state index contributed by atoms with van der Waals surface area (Å²) in [5.74, 6) is 1.47. The van der Waals surface area contributed by atoms with E-state index >= 15 is 0 Å². The van der Waals surface area contributed by atoms with Crippen LogP contribution in [0.15, 0.2) is 51.8 Å². The van der Waals surface area contributed by atoms with Crippen molar-refractivity contribution in [2.24, 2.45) is 0 Å². The topological polar surface area (TPSA) is 26.3 Å². The van der Waals surface area contributed by atoms with E-state index in [1.54, 1.807) is 30.0 Å². The van der Waals surface area contributed by atoms with E-state index in [-0.39, 0.29) is 0 Å². The van der Waals surface area contributed by atoms with Gasteiger partial charge in [-0.3, -0.25) is 4.79 Å². The van der Waals surface area contributed by atoms with E-state index in [0.29, 0.717) is 11.3 Å². The molecule has 0 heterocycles. The van der Waals surface area contributed by atoms with Crippen molar-refractivity contribution >= 4 is 34.0 Å². The summed E-state index contributed by atoms with van der Waals surface area (Å²) in [6.07, 6.45) is 2.84. The van der Waals surface area contributed by atoms with Crippen LogP contribution >= 0.6 is 27.7 Å². The summed E-state index contributed by atoms with van der Waals surface area (Å²) in [5.41, 5.74) is 0.611. The Morgan fingerprint density at radius 1 is 1.11 bits per heavy atom. The molecule has 92 valence electrons. The highest BCUT2D eigenvalue weighted by Crippen LogP contribution is 2.27. The Kier molecular flexibility index (Phi) is 4.44. The Hall–Kier alpha value is -1.26. The fourth-order valence-electron chi connectivity index (χ4n) is 1.45. The number of benzene rings is 2. The first kappa shape index (κ1) is 13.2. The molecule has 18 heavy (non-hydrogen) atoms. The summed E-state index contributed by atoms with van der Waals surface area (Å²) in [5, 5.41) is 0. The summed E-state index contributed by atoms with van der Waals surface area (Å²) in [6.45, 7) is 0. The molecule has 0 radical (unpaired) electrons. The molecule has 2 nitrogen and oxygen atoms in total. The maximum absolute atomic E-state index is 10.7. The second-order valence-electron chi connectivity index (χ2n) is 3.58. The van der Waals surface area contributed by atoms with Gasteiger partial charge in [0.2, 0.25) is 0 Å². The Labute approximate surface area is 118 Å². The molecule has 0 aliphatic rings. The van der Waals surface area contributed by atoms with E-state index in [2.05, 4.69) is 15.9 Å². The van der Waals surface area contributed by atoms with E-state index in [1.165, 1.54) is 4.90 Å². The van der Waals surface area contributed by atoms with Gasteiger partial charge in [-0.15, -0.1) is 11.8 Å². The number of ether oxygens (including phenoxy) is 1. The predicted molar refractivity (Wildman–Crippen MR) is 77.8 cm³/mol. The Morgan fingerprint density at radius 2 is 1.78 bits per heavy atom.